The molecule has 4 heteroatoms. The molecule has 0 amide bonds. The third-order valence-corrected chi connectivity index (χ3v) is 3.12. The Morgan fingerprint density at radius 2 is 1.53 bits per heavy atom. The normalized spacial score (nSPS) is 16.5. The molecule has 0 radical (unpaired) electrons. The molecule has 1 atom stereocenters. The van der Waals surface area contributed by atoms with Crippen LogP contribution in [0.2, 0.25) is 0 Å². The topological polar surface area (TPSA) is 47.9 Å². The minimum atomic E-state index is -0.482. The summed E-state index contributed by atoms with van der Waals surface area (Å²) in [6, 6.07) is 3.54. The van der Waals surface area contributed by atoms with Gasteiger partial charge in [0.2, 0.25) is 0 Å². The zero-order valence-corrected chi connectivity index (χ0v) is 10.4. The van der Waals surface area contributed by atoms with Crippen LogP contribution < -0.4 is 14.2 Å². The quantitative estimate of drug-likeness (QED) is 0.854. The number of benzene rings is 1. The van der Waals surface area contributed by atoms with Gasteiger partial charge in [-0.3, -0.25) is 0 Å². The monoisotopic (exact) mass is 238 g/mol. The minimum Gasteiger partial charge on any atom is -0.496 e. The number of ether oxygens (including phenoxy) is 3. The summed E-state index contributed by atoms with van der Waals surface area (Å²) in [6.45, 7) is 0. The van der Waals surface area contributed by atoms with E-state index < -0.39 is 6.10 Å². The second-order valence-corrected chi connectivity index (χ2v) is 4.23. The first-order valence-electron chi connectivity index (χ1n) is 5.69. The van der Waals surface area contributed by atoms with Gasteiger partial charge >= 0.3 is 0 Å². The van der Waals surface area contributed by atoms with Gasteiger partial charge in [-0.05, 0) is 24.8 Å². The molecular formula is C13H18O4. The van der Waals surface area contributed by atoms with Crippen LogP contribution in [0.1, 0.15) is 24.5 Å². The van der Waals surface area contributed by atoms with Gasteiger partial charge in [-0.25, -0.2) is 0 Å². The van der Waals surface area contributed by atoms with Crippen LogP contribution in [0.3, 0.4) is 0 Å². The summed E-state index contributed by atoms with van der Waals surface area (Å²) in [7, 11) is 4.75. The highest BCUT2D eigenvalue weighted by atomic mass is 16.5. The molecule has 4 nitrogen and oxygen atoms in total. The third kappa shape index (κ3) is 2.31. The highest BCUT2D eigenvalue weighted by Gasteiger charge is 2.33. The van der Waals surface area contributed by atoms with Crippen LogP contribution in [0.5, 0.6) is 17.2 Å². The number of hydrogen-bond donors (Lipinski definition) is 1. The van der Waals surface area contributed by atoms with Gasteiger partial charge in [-0.2, -0.15) is 0 Å². The van der Waals surface area contributed by atoms with Gasteiger partial charge in [0.25, 0.3) is 0 Å². The Hall–Kier alpha value is -1.42. The molecule has 0 aromatic heterocycles. The van der Waals surface area contributed by atoms with E-state index in [0.717, 1.165) is 18.4 Å². The van der Waals surface area contributed by atoms with Gasteiger partial charge in [0.15, 0.2) is 11.5 Å². The number of aliphatic hydroxyl groups excluding tert-OH is 1. The zero-order valence-electron chi connectivity index (χ0n) is 10.4. The van der Waals surface area contributed by atoms with Crippen molar-refractivity contribution in [2.45, 2.75) is 18.9 Å². The molecule has 1 fully saturated rings. The Bertz CT molecular complexity index is 399. The second-order valence-electron chi connectivity index (χ2n) is 4.23. The van der Waals surface area contributed by atoms with Crippen LogP contribution in [-0.4, -0.2) is 26.4 Å². The molecule has 1 N–H and O–H groups in total. The van der Waals surface area contributed by atoms with E-state index >= 15 is 0 Å². The van der Waals surface area contributed by atoms with Crippen molar-refractivity contribution in [3.63, 3.8) is 0 Å². The Morgan fingerprint density at radius 3 is 2.00 bits per heavy atom. The smallest absolute Gasteiger partial charge is 0.164 e. The van der Waals surface area contributed by atoms with Crippen LogP contribution >= 0.6 is 0 Å². The number of rotatable bonds is 5. The molecule has 0 spiro atoms. The number of aliphatic hydroxyl groups is 1. The zero-order chi connectivity index (χ0) is 12.4. The van der Waals surface area contributed by atoms with Crippen molar-refractivity contribution in [2.24, 2.45) is 5.92 Å². The molecule has 17 heavy (non-hydrogen) atoms. The van der Waals surface area contributed by atoms with Gasteiger partial charge in [0.05, 0.1) is 27.4 Å². The van der Waals surface area contributed by atoms with Crippen molar-refractivity contribution in [3.8, 4) is 17.2 Å². The van der Waals surface area contributed by atoms with E-state index in [1.165, 1.54) is 0 Å². The molecule has 1 saturated carbocycles. The van der Waals surface area contributed by atoms with Crippen molar-refractivity contribution in [1.82, 2.24) is 0 Å². The van der Waals surface area contributed by atoms with Crippen LogP contribution in [-0.2, 0) is 0 Å². The first kappa shape index (κ1) is 12.0. The lowest BCUT2D eigenvalue weighted by Crippen LogP contribution is -2.04. The third-order valence-electron chi connectivity index (χ3n) is 3.12. The summed E-state index contributed by atoms with van der Waals surface area (Å²) in [5.41, 5.74) is 0.771. The van der Waals surface area contributed by atoms with Crippen LogP contribution in [0.15, 0.2) is 12.1 Å². The molecule has 0 heterocycles. The summed E-state index contributed by atoms with van der Waals surface area (Å²) in [6.07, 6.45) is 1.65. The molecular weight excluding hydrogens is 220 g/mol. The summed E-state index contributed by atoms with van der Waals surface area (Å²) < 4.78 is 15.7. The molecule has 1 aliphatic rings. The molecule has 94 valence electrons. The van der Waals surface area contributed by atoms with Crippen molar-refractivity contribution in [3.05, 3.63) is 17.7 Å². The van der Waals surface area contributed by atoms with Gasteiger partial charge in [0, 0.05) is 11.6 Å². The standard InChI is InChI=1S/C13H18O4/c1-15-10-7-12(17-3)11(16-2)6-9(10)13(14)8-4-5-8/h6-8,13-14H,4-5H2,1-3H3. The molecule has 1 aromatic rings. The molecule has 1 unspecified atom stereocenters. The van der Waals surface area contributed by atoms with Crippen LogP contribution in [0.25, 0.3) is 0 Å². The molecule has 1 aromatic carbocycles. The van der Waals surface area contributed by atoms with E-state index in [4.69, 9.17) is 14.2 Å². The maximum absolute atomic E-state index is 10.2. The van der Waals surface area contributed by atoms with E-state index in [2.05, 4.69) is 0 Å². The maximum Gasteiger partial charge on any atom is 0.164 e. The summed E-state index contributed by atoms with van der Waals surface area (Å²) in [5.74, 6) is 2.21. The molecule has 0 saturated heterocycles. The summed E-state index contributed by atoms with van der Waals surface area (Å²) in [5, 5.41) is 10.2. The Labute approximate surface area is 101 Å². The highest BCUT2D eigenvalue weighted by molar-refractivity contribution is 5.51. The maximum atomic E-state index is 10.2. The Balaban J connectivity index is 2.41. The lowest BCUT2D eigenvalue weighted by atomic mass is 10.0. The minimum absolute atomic E-state index is 0.349. The number of methoxy groups -OCH3 is 3. The SMILES string of the molecule is COc1cc(OC)c(C(O)C2CC2)cc1OC. The first-order valence-corrected chi connectivity index (χ1v) is 5.69. The summed E-state index contributed by atoms with van der Waals surface area (Å²) in [4.78, 5) is 0. The van der Waals surface area contributed by atoms with Crippen LogP contribution in [0.4, 0.5) is 0 Å². The van der Waals surface area contributed by atoms with E-state index in [9.17, 15) is 5.11 Å². The van der Waals surface area contributed by atoms with Crippen molar-refractivity contribution >= 4 is 0 Å². The second kappa shape index (κ2) is 4.84. The fraction of sp³-hybridized carbons (Fsp3) is 0.538. The lowest BCUT2D eigenvalue weighted by Gasteiger charge is -2.17. The van der Waals surface area contributed by atoms with E-state index in [1.807, 2.05) is 0 Å². The van der Waals surface area contributed by atoms with Gasteiger partial charge in [-0.15, -0.1) is 0 Å². The van der Waals surface area contributed by atoms with Gasteiger partial charge < -0.3 is 19.3 Å². The average Bonchev–Trinajstić information content (AvgIpc) is 3.20. The lowest BCUT2D eigenvalue weighted by molar-refractivity contribution is 0.149. The van der Waals surface area contributed by atoms with Gasteiger partial charge in [0.1, 0.15) is 5.75 Å². The molecule has 0 bridgehead atoms. The fourth-order valence-corrected chi connectivity index (χ4v) is 1.95. The van der Waals surface area contributed by atoms with Crippen molar-refractivity contribution in [1.29, 1.82) is 0 Å². The van der Waals surface area contributed by atoms with E-state index in [0.29, 0.717) is 23.2 Å². The molecule has 1 aliphatic carbocycles. The largest absolute Gasteiger partial charge is 0.496 e. The molecule has 0 aliphatic heterocycles. The molecule has 2 rings (SSSR count). The van der Waals surface area contributed by atoms with Crippen molar-refractivity contribution in [2.75, 3.05) is 21.3 Å². The number of hydrogen-bond acceptors (Lipinski definition) is 4. The van der Waals surface area contributed by atoms with Crippen LogP contribution in [0, 0.1) is 5.92 Å². The van der Waals surface area contributed by atoms with Crippen molar-refractivity contribution < 1.29 is 19.3 Å². The average molecular weight is 238 g/mol. The Kier molecular flexibility index (Phi) is 3.43. The Morgan fingerprint density at radius 1 is 1.00 bits per heavy atom. The van der Waals surface area contributed by atoms with Gasteiger partial charge in [-0.1, -0.05) is 0 Å². The predicted octanol–water partition coefficient (Wildman–Crippen LogP) is 2.16. The van der Waals surface area contributed by atoms with E-state index in [-0.39, 0.29) is 0 Å². The van der Waals surface area contributed by atoms with E-state index in [1.54, 1.807) is 33.5 Å². The summed E-state index contributed by atoms with van der Waals surface area (Å²) >= 11 is 0. The first-order chi connectivity index (χ1) is 8.21. The highest BCUT2D eigenvalue weighted by Crippen LogP contribution is 2.46. The fourth-order valence-electron chi connectivity index (χ4n) is 1.95. The predicted molar refractivity (Wildman–Crippen MR) is 63.8 cm³/mol.